The maximum absolute atomic E-state index is 11.8. The standard InChI is InChI=1S/C17H18O4/c1-9-4-5-13-12(7-15(18)21-16(13)11(9)3)8-20-17(19)14-6-10(14)2/h4-5,7,10,14H,6,8H2,1-3H3/t10-,14+/m0/s1. The minimum absolute atomic E-state index is 0.0281. The van der Waals surface area contributed by atoms with E-state index in [1.54, 1.807) is 0 Å². The van der Waals surface area contributed by atoms with E-state index in [4.69, 9.17) is 9.15 Å². The predicted octanol–water partition coefficient (Wildman–Crippen LogP) is 3.11. The Morgan fingerprint density at radius 2 is 2.10 bits per heavy atom. The van der Waals surface area contributed by atoms with Gasteiger partial charge in [0.1, 0.15) is 12.2 Å². The summed E-state index contributed by atoms with van der Waals surface area (Å²) in [5, 5.41) is 0.828. The minimum Gasteiger partial charge on any atom is -0.461 e. The van der Waals surface area contributed by atoms with Crippen molar-refractivity contribution in [2.24, 2.45) is 11.8 Å². The molecule has 0 aliphatic heterocycles. The Labute approximate surface area is 122 Å². The van der Waals surface area contributed by atoms with Crippen LogP contribution in [0, 0.1) is 25.7 Å². The Morgan fingerprint density at radius 3 is 2.76 bits per heavy atom. The molecule has 110 valence electrons. The highest BCUT2D eigenvalue weighted by atomic mass is 16.5. The zero-order valence-corrected chi connectivity index (χ0v) is 12.4. The number of carbonyl (C=O) groups is 1. The lowest BCUT2D eigenvalue weighted by Crippen LogP contribution is -2.10. The van der Waals surface area contributed by atoms with Gasteiger partial charge < -0.3 is 9.15 Å². The van der Waals surface area contributed by atoms with Crippen molar-refractivity contribution in [2.45, 2.75) is 33.8 Å². The molecule has 0 N–H and O–H groups in total. The van der Waals surface area contributed by atoms with Crippen molar-refractivity contribution in [1.29, 1.82) is 0 Å². The van der Waals surface area contributed by atoms with E-state index in [1.807, 2.05) is 32.9 Å². The van der Waals surface area contributed by atoms with Crippen molar-refractivity contribution in [3.05, 3.63) is 45.3 Å². The second-order valence-corrected chi connectivity index (χ2v) is 5.90. The van der Waals surface area contributed by atoms with Crippen molar-refractivity contribution in [3.63, 3.8) is 0 Å². The number of benzene rings is 1. The molecule has 1 aliphatic carbocycles. The van der Waals surface area contributed by atoms with Crippen LogP contribution in [0.25, 0.3) is 11.0 Å². The van der Waals surface area contributed by atoms with E-state index in [-0.39, 0.29) is 18.5 Å². The van der Waals surface area contributed by atoms with Gasteiger partial charge in [0.2, 0.25) is 0 Å². The monoisotopic (exact) mass is 286 g/mol. The number of hydrogen-bond acceptors (Lipinski definition) is 4. The summed E-state index contributed by atoms with van der Waals surface area (Å²) in [6.45, 7) is 6.04. The van der Waals surface area contributed by atoms with E-state index < -0.39 is 5.63 Å². The third-order valence-corrected chi connectivity index (χ3v) is 4.30. The summed E-state index contributed by atoms with van der Waals surface area (Å²) in [5.74, 6) is 0.271. The summed E-state index contributed by atoms with van der Waals surface area (Å²) in [6, 6.07) is 5.29. The second kappa shape index (κ2) is 5.02. The summed E-state index contributed by atoms with van der Waals surface area (Å²) in [4.78, 5) is 23.5. The molecule has 1 saturated carbocycles. The lowest BCUT2D eigenvalue weighted by atomic mass is 10.0. The first-order valence-electron chi connectivity index (χ1n) is 7.17. The number of fused-ring (bicyclic) bond motifs is 1. The lowest BCUT2D eigenvalue weighted by molar-refractivity contribution is -0.146. The van der Waals surface area contributed by atoms with Crippen LogP contribution in [0.2, 0.25) is 0 Å². The molecule has 4 heteroatoms. The zero-order chi connectivity index (χ0) is 15.1. The molecule has 1 heterocycles. The number of rotatable bonds is 3. The van der Waals surface area contributed by atoms with E-state index in [1.165, 1.54) is 6.07 Å². The normalized spacial score (nSPS) is 20.5. The molecule has 0 unspecified atom stereocenters. The SMILES string of the molecule is Cc1ccc2c(COC(=O)[C@@H]3C[C@@H]3C)cc(=O)oc2c1C. The van der Waals surface area contributed by atoms with Crippen molar-refractivity contribution in [2.75, 3.05) is 0 Å². The van der Waals surface area contributed by atoms with Crippen LogP contribution in [-0.4, -0.2) is 5.97 Å². The number of aryl methyl sites for hydroxylation is 2. The van der Waals surface area contributed by atoms with Crippen LogP contribution in [0.4, 0.5) is 0 Å². The van der Waals surface area contributed by atoms with Gasteiger partial charge in [-0.2, -0.15) is 0 Å². The quantitative estimate of drug-likeness (QED) is 0.642. The van der Waals surface area contributed by atoms with E-state index in [9.17, 15) is 9.59 Å². The fourth-order valence-electron chi connectivity index (χ4n) is 2.55. The fourth-order valence-corrected chi connectivity index (χ4v) is 2.55. The van der Waals surface area contributed by atoms with E-state index >= 15 is 0 Å². The van der Waals surface area contributed by atoms with Gasteiger partial charge in [0, 0.05) is 17.0 Å². The first-order chi connectivity index (χ1) is 9.97. The predicted molar refractivity (Wildman–Crippen MR) is 79.0 cm³/mol. The average molecular weight is 286 g/mol. The molecule has 2 aromatic rings. The number of carbonyl (C=O) groups excluding carboxylic acids is 1. The highest BCUT2D eigenvalue weighted by molar-refractivity contribution is 5.84. The summed E-state index contributed by atoms with van der Waals surface area (Å²) in [6.07, 6.45) is 0.898. The molecule has 0 bridgehead atoms. The molecule has 0 radical (unpaired) electrons. The number of esters is 1. The maximum atomic E-state index is 11.8. The maximum Gasteiger partial charge on any atom is 0.336 e. The van der Waals surface area contributed by atoms with Crippen molar-refractivity contribution in [3.8, 4) is 0 Å². The molecular weight excluding hydrogens is 268 g/mol. The first-order valence-corrected chi connectivity index (χ1v) is 7.17. The van der Waals surface area contributed by atoms with Crippen molar-refractivity contribution >= 4 is 16.9 Å². The van der Waals surface area contributed by atoms with Crippen LogP contribution < -0.4 is 5.63 Å². The smallest absolute Gasteiger partial charge is 0.336 e. The third-order valence-electron chi connectivity index (χ3n) is 4.30. The van der Waals surface area contributed by atoms with E-state index in [0.29, 0.717) is 17.1 Å². The Morgan fingerprint density at radius 1 is 1.38 bits per heavy atom. The van der Waals surface area contributed by atoms with Gasteiger partial charge in [-0.3, -0.25) is 4.79 Å². The lowest BCUT2D eigenvalue weighted by Gasteiger charge is -2.09. The van der Waals surface area contributed by atoms with Crippen LogP contribution in [0.1, 0.15) is 30.0 Å². The fraction of sp³-hybridized carbons (Fsp3) is 0.412. The van der Waals surface area contributed by atoms with Gasteiger partial charge in [0.15, 0.2) is 0 Å². The molecule has 2 atom stereocenters. The van der Waals surface area contributed by atoms with E-state index in [2.05, 4.69) is 0 Å². The molecule has 0 amide bonds. The van der Waals surface area contributed by atoms with Crippen LogP contribution in [-0.2, 0) is 16.1 Å². The number of hydrogen-bond donors (Lipinski definition) is 0. The molecule has 4 nitrogen and oxygen atoms in total. The highest BCUT2D eigenvalue weighted by Crippen LogP contribution is 2.38. The summed E-state index contributed by atoms with van der Waals surface area (Å²) >= 11 is 0. The Kier molecular flexibility index (Phi) is 3.32. The van der Waals surface area contributed by atoms with Crippen molar-refractivity contribution in [1.82, 2.24) is 0 Å². The Bertz CT molecular complexity index is 772. The second-order valence-electron chi connectivity index (χ2n) is 5.90. The van der Waals surface area contributed by atoms with Gasteiger partial charge in [0.25, 0.3) is 0 Å². The van der Waals surface area contributed by atoms with Crippen molar-refractivity contribution < 1.29 is 13.9 Å². The highest BCUT2D eigenvalue weighted by Gasteiger charge is 2.40. The Balaban J connectivity index is 1.93. The average Bonchev–Trinajstić information content (AvgIpc) is 3.17. The van der Waals surface area contributed by atoms with Gasteiger partial charge in [-0.15, -0.1) is 0 Å². The zero-order valence-electron chi connectivity index (χ0n) is 12.4. The van der Waals surface area contributed by atoms with Gasteiger partial charge in [-0.05, 0) is 37.3 Å². The molecule has 0 spiro atoms. The molecule has 1 aromatic heterocycles. The third kappa shape index (κ3) is 2.58. The molecule has 1 aliphatic rings. The summed E-state index contributed by atoms with van der Waals surface area (Å²) < 4.78 is 10.6. The Hall–Kier alpha value is -2.10. The number of ether oxygens (including phenoxy) is 1. The molecule has 1 fully saturated rings. The first kappa shape index (κ1) is 13.9. The van der Waals surface area contributed by atoms with Gasteiger partial charge in [-0.25, -0.2) is 4.79 Å². The molecule has 3 rings (SSSR count). The molecule has 21 heavy (non-hydrogen) atoms. The summed E-state index contributed by atoms with van der Waals surface area (Å²) in [7, 11) is 0. The molecule has 1 aromatic carbocycles. The molecular formula is C17H18O4. The van der Waals surface area contributed by atoms with Crippen LogP contribution in [0.5, 0.6) is 0 Å². The van der Waals surface area contributed by atoms with Gasteiger partial charge >= 0.3 is 11.6 Å². The van der Waals surface area contributed by atoms with Crippen LogP contribution >= 0.6 is 0 Å². The van der Waals surface area contributed by atoms with Gasteiger partial charge in [0.05, 0.1) is 5.92 Å². The minimum atomic E-state index is -0.415. The van der Waals surface area contributed by atoms with Crippen LogP contribution in [0.3, 0.4) is 0 Å². The largest absolute Gasteiger partial charge is 0.461 e. The van der Waals surface area contributed by atoms with Gasteiger partial charge in [-0.1, -0.05) is 19.1 Å². The topological polar surface area (TPSA) is 56.5 Å². The van der Waals surface area contributed by atoms with E-state index in [0.717, 1.165) is 22.9 Å². The molecule has 0 saturated heterocycles. The van der Waals surface area contributed by atoms with Crippen LogP contribution in [0.15, 0.2) is 27.4 Å². The summed E-state index contributed by atoms with van der Waals surface area (Å²) in [5.41, 5.74) is 2.86.